The lowest BCUT2D eigenvalue weighted by molar-refractivity contribution is -0.388. The van der Waals surface area contributed by atoms with Crippen molar-refractivity contribution in [2.45, 2.75) is 25.1 Å². The summed E-state index contributed by atoms with van der Waals surface area (Å²) in [5.41, 5.74) is 3.57. The van der Waals surface area contributed by atoms with Crippen LogP contribution >= 0.6 is 0 Å². The van der Waals surface area contributed by atoms with Crippen LogP contribution in [0.1, 0.15) is 18.4 Å². The molecule has 5 nitrogen and oxygen atoms in total. The number of nitrogens with one attached hydrogen (secondary N) is 1. The van der Waals surface area contributed by atoms with E-state index in [2.05, 4.69) is 5.32 Å². The maximum atomic E-state index is 12.8. The standard InChI is InChI=1S/C12H14F3N3O2/c13-12(14,15)9-5-8(3-4-11(9)18(19)20)17-10(6-16)7-1-2-7/h3-5,7,10,17H,1-2,6,16H2. The normalized spacial score (nSPS) is 16.8. The Morgan fingerprint density at radius 1 is 1.45 bits per heavy atom. The highest BCUT2D eigenvalue weighted by molar-refractivity contribution is 5.55. The minimum atomic E-state index is -4.77. The third kappa shape index (κ3) is 3.19. The lowest BCUT2D eigenvalue weighted by Crippen LogP contribution is -2.30. The molecule has 1 aliphatic carbocycles. The molecular weight excluding hydrogens is 275 g/mol. The molecule has 3 N–H and O–H groups in total. The third-order valence-corrected chi connectivity index (χ3v) is 3.30. The molecule has 1 aliphatic rings. The summed E-state index contributed by atoms with van der Waals surface area (Å²) in [7, 11) is 0. The summed E-state index contributed by atoms with van der Waals surface area (Å²) in [5, 5.41) is 13.6. The van der Waals surface area contributed by atoms with Crippen molar-refractivity contribution in [2.24, 2.45) is 11.7 Å². The topological polar surface area (TPSA) is 81.2 Å². The van der Waals surface area contributed by atoms with E-state index in [1.165, 1.54) is 6.07 Å². The number of anilines is 1. The molecule has 1 atom stereocenters. The Morgan fingerprint density at radius 3 is 2.55 bits per heavy atom. The number of alkyl halides is 3. The zero-order valence-electron chi connectivity index (χ0n) is 10.5. The van der Waals surface area contributed by atoms with Gasteiger partial charge in [-0.05, 0) is 30.9 Å². The predicted octanol–water partition coefficient (Wildman–Crippen LogP) is 2.76. The van der Waals surface area contributed by atoms with Crippen molar-refractivity contribution < 1.29 is 18.1 Å². The Hall–Kier alpha value is -1.83. The number of rotatable bonds is 5. The highest BCUT2D eigenvalue weighted by Crippen LogP contribution is 2.39. The second-order valence-corrected chi connectivity index (χ2v) is 4.81. The second-order valence-electron chi connectivity index (χ2n) is 4.81. The van der Waals surface area contributed by atoms with Gasteiger partial charge >= 0.3 is 6.18 Å². The van der Waals surface area contributed by atoms with Gasteiger partial charge in [0, 0.05) is 24.3 Å². The first kappa shape index (κ1) is 14.6. The molecule has 0 amide bonds. The zero-order valence-corrected chi connectivity index (χ0v) is 10.5. The number of benzene rings is 1. The van der Waals surface area contributed by atoms with E-state index < -0.39 is 22.4 Å². The van der Waals surface area contributed by atoms with E-state index in [0.29, 0.717) is 12.5 Å². The van der Waals surface area contributed by atoms with Gasteiger partial charge in [-0.1, -0.05) is 0 Å². The van der Waals surface area contributed by atoms with E-state index in [9.17, 15) is 23.3 Å². The lowest BCUT2D eigenvalue weighted by Gasteiger charge is -2.18. The Balaban J connectivity index is 2.29. The minimum absolute atomic E-state index is 0.0995. The average molecular weight is 289 g/mol. The van der Waals surface area contributed by atoms with Crippen LogP contribution < -0.4 is 11.1 Å². The molecule has 0 aromatic heterocycles. The van der Waals surface area contributed by atoms with E-state index in [4.69, 9.17) is 5.73 Å². The van der Waals surface area contributed by atoms with Crippen molar-refractivity contribution in [3.05, 3.63) is 33.9 Å². The Morgan fingerprint density at radius 2 is 2.10 bits per heavy atom. The summed E-state index contributed by atoms with van der Waals surface area (Å²) < 4.78 is 38.5. The Bertz CT molecular complexity index is 515. The van der Waals surface area contributed by atoms with Gasteiger partial charge in [-0.25, -0.2) is 0 Å². The van der Waals surface area contributed by atoms with Gasteiger partial charge in [-0.2, -0.15) is 13.2 Å². The molecule has 0 saturated heterocycles. The van der Waals surface area contributed by atoms with Crippen LogP contribution in [0.4, 0.5) is 24.5 Å². The molecule has 1 fully saturated rings. The highest BCUT2D eigenvalue weighted by atomic mass is 19.4. The van der Waals surface area contributed by atoms with Crippen molar-refractivity contribution >= 4 is 11.4 Å². The fraction of sp³-hybridized carbons (Fsp3) is 0.500. The van der Waals surface area contributed by atoms with Crippen molar-refractivity contribution in [1.29, 1.82) is 0 Å². The van der Waals surface area contributed by atoms with Crippen LogP contribution in [0, 0.1) is 16.0 Å². The maximum Gasteiger partial charge on any atom is 0.423 e. The molecule has 2 rings (SSSR count). The van der Waals surface area contributed by atoms with Crippen LogP contribution in [0.25, 0.3) is 0 Å². The van der Waals surface area contributed by atoms with Crippen LogP contribution in [0.3, 0.4) is 0 Å². The summed E-state index contributed by atoms with van der Waals surface area (Å²) in [6.07, 6.45) is -2.78. The fourth-order valence-corrected chi connectivity index (χ4v) is 2.09. The van der Waals surface area contributed by atoms with E-state index in [1.807, 2.05) is 0 Å². The molecule has 0 heterocycles. The predicted molar refractivity (Wildman–Crippen MR) is 67.3 cm³/mol. The Kier molecular flexibility index (Phi) is 3.85. The van der Waals surface area contributed by atoms with Crippen molar-refractivity contribution in [1.82, 2.24) is 0 Å². The monoisotopic (exact) mass is 289 g/mol. The van der Waals surface area contributed by atoms with E-state index >= 15 is 0 Å². The summed E-state index contributed by atoms with van der Waals surface area (Å²) >= 11 is 0. The Labute approximate surface area is 113 Å². The van der Waals surface area contributed by atoms with Crippen molar-refractivity contribution in [3.63, 3.8) is 0 Å². The molecule has 20 heavy (non-hydrogen) atoms. The number of nitrogens with zero attached hydrogens (tertiary/aromatic N) is 1. The van der Waals surface area contributed by atoms with Gasteiger partial charge in [-0.3, -0.25) is 10.1 Å². The first-order chi connectivity index (χ1) is 9.32. The third-order valence-electron chi connectivity index (χ3n) is 3.30. The number of nitrogens with two attached hydrogens (primary N) is 1. The number of hydrogen-bond donors (Lipinski definition) is 2. The molecule has 0 spiro atoms. The molecule has 8 heteroatoms. The average Bonchev–Trinajstić information content (AvgIpc) is 3.18. The van der Waals surface area contributed by atoms with E-state index in [1.54, 1.807) is 0 Å². The smallest absolute Gasteiger partial charge is 0.381 e. The quantitative estimate of drug-likeness (QED) is 0.645. The fourth-order valence-electron chi connectivity index (χ4n) is 2.09. The summed E-state index contributed by atoms with van der Waals surface area (Å²) in [6, 6.07) is 2.81. The number of nitro groups is 1. The molecule has 1 unspecified atom stereocenters. The summed E-state index contributed by atoms with van der Waals surface area (Å²) in [4.78, 5) is 9.61. The molecule has 0 radical (unpaired) electrons. The molecular formula is C12H14F3N3O2. The van der Waals surface area contributed by atoms with Crippen LogP contribution in [0.5, 0.6) is 0 Å². The molecule has 1 aromatic rings. The molecule has 1 saturated carbocycles. The molecule has 1 aromatic carbocycles. The van der Waals surface area contributed by atoms with E-state index in [-0.39, 0.29) is 11.7 Å². The highest BCUT2D eigenvalue weighted by Gasteiger charge is 2.39. The first-order valence-corrected chi connectivity index (χ1v) is 6.15. The first-order valence-electron chi connectivity index (χ1n) is 6.15. The summed E-state index contributed by atoms with van der Waals surface area (Å²) in [6.45, 7) is 0.309. The SMILES string of the molecule is NCC(Nc1ccc([N+](=O)[O-])c(C(F)(F)F)c1)C1CC1. The molecule has 0 aliphatic heterocycles. The molecule has 0 bridgehead atoms. The van der Waals surface area contributed by atoms with Crippen molar-refractivity contribution in [3.8, 4) is 0 Å². The van der Waals surface area contributed by atoms with Gasteiger partial charge in [0.1, 0.15) is 5.56 Å². The number of halogens is 3. The van der Waals surface area contributed by atoms with Gasteiger partial charge in [0.15, 0.2) is 0 Å². The lowest BCUT2D eigenvalue weighted by atomic mass is 10.1. The van der Waals surface area contributed by atoms with Gasteiger partial charge in [0.25, 0.3) is 5.69 Å². The van der Waals surface area contributed by atoms with Gasteiger partial charge in [0.05, 0.1) is 4.92 Å². The molecule has 110 valence electrons. The van der Waals surface area contributed by atoms with Crippen LogP contribution in [-0.2, 0) is 6.18 Å². The largest absolute Gasteiger partial charge is 0.423 e. The van der Waals surface area contributed by atoms with Crippen LogP contribution in [-0.4, -0.2) is 17.5 Å². The van der Waals surface area contributed by atoms with Crippen LogP contribution in [0.2, 0.25) is 0 Å². The summed E-state index contributed by atoms with van der Waals surface area (Å²) in [5.74, 6) is 0.365. The van der Waals surface area contributed by atoms with Crippen molar-refractivity contribution in [2.75, 3.05) is 11.9 Å². The van der Waals surface area contributed by atoms with Gasteiger partial charge < -0.3 is 11.1 Å². The number of hydrogen-bond acceptors (Lipinski definition) is 4. The maximum absolute atomic E-state index is 12.8. The second kappa shape index (κ2) is 5.28. The van der Waals surface area contributed by atoms with Gasteiger partial charge in [0.2, 0.25) is 0 Å². The van der Waals surface area contributed by atoms with Crippen LogP contribution in [0.15, 0.2) is 18.2 Å². The number of nitro benzene ring substituents is 1. The zero-order chi connectivity index (χ0) is 14.9. The minimum Gasteiger partial charge on any atom is -0.381 e. The van der Waals surface area contributed by atoms with Gasteiger partial charge in [-0.15, -0.1) is 0 Å². The van der Waals surface area contributed by atoms with E-state index in [0.717, 1.165) is 25.0 Å².